The molecule has 1 rings (SSSR count). The second-order valence-corrected chi connectivity index (χ2v) is 2.29. The number of carbonyl (C=O) groups excluding carboxylic acids is 2. The van der Waals surface area contributed by atoms with E-state index >= 15 is 0 Å². The number of allylic oxidation sites excluding steroid dienone is 1. The molecule has 0 atom stereocenters. The number of esters is 2. The van der Waals surface area contributed by atoms with Gasteiger partial charge in [0.15, 0.2) is 0 Å². The Bertz CT molecular complexity index is 297. The molecule has 0 aromatic carbocycles. The fourth-order valence-corrected chi connectivity index (χ4v) is 0.973. The zero-order valence-corrected chi connectivity index (χ0v) is 6.50. The van der Waals surface area contributed by atoms with E-state index in [1.54, 1.807) is 0 Å². The minimum Gasteiger partial charge on any atom is -0.389 e. The van der Waals surface area contributed by atoms with E-state index in [0.717, 1.165) is 0 Å². The molecule has 3 heteroatoms. The van der Waals surface area contributed by atoms with Crippen molar-refractivity contribution in [2.75, 3.05) is 0 Å². The van der Waals surface area contributed by atoms with Crippen molar-refractivity contribution in [2.24, 2.45) is 0 Å². The fourth-order valence-electron chi connectivity index (χ4n) is 0.973. The van der Waals surface area contributed by atoms with Crippen molar-refractivity contribution in [1.82, 2.24) is 0 Å². The highest BCUT2D eigenvalue weighted by Gasteiger charge is 2.23. The molecule has 0 amide bonds. The first kappa shape index (κ1) is 8.46. The third-order valence-electron chi connectivity index (χ3n) is 1.56. The molecule has 3 nitrogen and oxygen atoms in total. The predicted octanol–water partition coefficient (Wildman–Crippen LogP) is 1.13. The lowest BCUT2D eigenvalue weighted by Crippen LogP contribution is -2.20. The third-order valence-corrected chi connectivity index (χ3v) is 1.56. The Kier molecular flexibility index (Phi) is 2.24. The molecule has 62 valence electrons. The maximum atomic E-state index is 11.0. The fraction of sp³-hybridized carbons (Fsp3) is 0.111. The van der Waals surface area contributed by atoms with Gasteiger partial charge in [0.05, 0.1) is 12.0 Å². The van der Waals surface area contributed by atoms with E-state index in [9.17, 15) is 9.59 Å². The van der Waals surface area contributed by atoms with Crippen molar-refractivity contribution in [3.63, 3.8) is 0 Å². The van der Waals surface area contributed by atoms with E-state index in [-0.39, 0.29) is 6.42 Å². The van der Waals surface area contributed by atoms with Crippen LogP contribution in [0.2, 0.25) is 0 Å². The summed E-state index contributed by atoms with van der Waals surface area (Å²) in [6, 6.07) is 0. The molecule has 0 aliphatic carbocycles. The highest BCUT2D eigenvalue weighted by molar-refractivity contribution is 6.03. The highest BCUT2D eigenvalue weighted by Crippen LogP contribution is 2.18. The molecule has 12 heavy (non-hydrogen) atoms. The van der Waals surface area contributed by atoms with Gasteiger partial charge < -0.3 is 4.74 Å². The predicted molar refractivity (Wildman–Crippen MR) is 43.1 cm³/mol. The summed E-state index contributed by atoms with van der Waals surface area (Å²) in [6.07, 6.45) is 2.93. The zero-order chi connectivity index (χ0) is 9.14. The SMILES string of the molecule is C=CC1=C(C=C)C(=O)OC(=O)C1. The molecule has 1 aliphatic rings. The van der Waals surface area contributed by atoms with Crippen LogP contribution in [0.15, 0.2) is 36.5 Å². The third kappa shape index (κ3) is 1.34. The number of cyclic esters (lactones) is 2. The largest absolute Gasteiger partial charge is 0.389 e. The Labute approximate surface area is 70.0 Å². The van der Waals surface area contributed by atoms with Crippen LogP contribution < -0.4 is 0 Å². The van der Waals surface area contributed by atoms with Gasteiger partial charge in [0.25, 0.3) is 0 Å². The first-order chi connectivity index (χ1) is 5.69. The molecule has 0 saturated heterocycles. The quantitative estimate of drug-likeness (QED) is 0.454. The molecule has 0 bridgehead atoms. The van der Waals surface area contributed by atoms with Crippen molar-refractivity contribution >= 4 is 11.9 Å². The molecule has 0 aromatic rings. The smallest absolute Gasteiger partial charge is 0.346 e. The van der Waals surface area contributed by atoms with Crippen LogP contribution in [0.25, 0.3) is 0 Å². The summed E-state index contributed by atoms with van der Waals surface area (Å²) in [7, 11) is 0. The Balaban J connectivity index is 3.13. The molecule has 0 aromatic heterocycles. The summed E-state index contributed by atoms with van der Waals surface area (Å²) >= 11 is 0. The summed E-state index contributed by atoms with van der Waals surface area (Å²) in [5.74, 6) is -1.18. The van der Waals surface area contributed by atoms with Crippen LogP contribution in [-0.2, 0) is 14.3 Å². The Morgan fingerprint density at radius 2 is 1.92 bits per heavy atom. The Morgan fingerprint density at radius 3 is 2.42 bits per heavy atom. The zero-order valence-electron chi connectivity index (χ0n) is 6.50. The van der Waals surface area contributed by atoms with E-state index in [0.29, 0.717) is 11.1 Å². The number of carbonyl (C=O) groups is 2. The van der Waals surface area contributed by atoms with Gasteiger partial charge in [-0.2, -0.15) is 0 Å². The van der Waals surface area contributed by atoms with Crippen molar-refractivity contribution in [3.05, 3.63) is 36.5 Å². The minimum atomic E-state index is -0.642. The molecule has 0 unspecified atom stereocenters. The number of rotatable bonds is 2. The van der Waals surface area contributed by atoms with Crippen molar-refractivity contribution in [1.29, 1.82) is 0 Å². The second kappa shape index (κ2) is 3.17. The highest BCUT2D eigenvalue weighted by atomic mass is 16.6. The monoisotopic (exact) mass is 164 g/mol. The Hall–Kier alpha value is -1.64. The van der Waals surface area contributed by atoms with Gasteiger partial charge in [0, 0.05) is 0 Å². The van der Waals surface area contributed by atoms with Crippen LogP contribution in [0.1, 0.15) is 6.42 Å². The summed E-state index contributed by atoms with van der Waals surface area (Å²) < 4.78 is 4.37. The van der Waals surface area contributed by atoms with Crippen LogP contribution in [0.4, 0.5) is 0 Å². The maximum absolute atomic E-state index is 11.0. The van der Waals surface area contributed by atoms with Gasteiger partial charge in [-0.3, -0.25) is 4.79 Å². The maximum Gasteiger partial charge on any atom is 0.346 e. The van der Waals surface area contributed by atoms with Crippen LogP contribution in [0.5, 0.6) is 0 Å². The standard InChI is InChI=1S/C9H8O3/c1-3-6-5-8(10)12-9(11)7(6)4-2/h3-4H,1-2,5H2. The molecule has 0 spiro atoms. The lowest BCUT2D eigenvalue weighted by atomic mass is 10.0. The van der Waals surface area contributed by atoms with Crippen molar-refractivity contribution in [3.8, 4) is 0 Å². The average Bonchev–Trinajstić information content (AvgIpc) is 2.03. The molecular weight excluding hydrogens is 156 g/mol. The van der Waals surface area contributed by atoms with Crippen molar-refractivity contribution in [2.45, 2.75) is 6.42 Å². The lowest BCUT2D eigenvalue weighted by Gasteiger charge is -2.12. The summed E-state index contributed by atoms with van der Waals surface area (Å²) in [6.45, 7) is 6.93. The number of ether oxygens (including phenoxy) is 1. The van der Waals surface area contributed by atoms with Crippen LogP contribution in [0, 0.1) is 0 Å². The molecule has 0 radical (unpaired) electrons. The number of hydrogen-bond acceptors (Lipinski definition) is 3. The van der Waals surface area contributed by atoms with E-state index < -0.39 is 11.9 Å². The van der Waals surface area contributed by atoms with Gasteiger partial charge in [0.2, 0.25) is 0 Å². The van der Waals surface area contributed by atoms with Crippen LogP contribution >= 0.6 is 0 Å². The van der Waals surface area contributed by atoms with E-state index in [1.807, 2.05) is 0 Å². The normalized spacial score (nSPS) is 17.3. The number of hydrogen-bond donors (Lipinski definition) is 0. The lowest BCUT2D eigenvalue weighted by molar-refractivity contribution is -0.157. The van der Waals surface area contributed by atoms with Crippen LogP contribution in [-0.4, -0.2) is 11.9 Å². The van der Waals surface area contributed by atoms with Gasteiger partial charge in [-0.25, -0.2) is 4.79 Å². The second-order valence-electron chi connectivity index (χ2n) is 2.29. The molecule has 0 fully saturated rings. The molecular formula is C9H8O3. The van der Waals surface area contributed by atoms with Gasteiger partial charge in [-0.05, 0) is 5.57 Å². The molecule has 1 heterocycles. The Morgan fingerprint density at radius 1 is 1.25 bits per heavy atom. The summed E-state index contributed by atoms with van der Waals surface area (Å²) in [4.78, 5) is 21.7. The summed E-state index contributed by atoms with van der Waals surface area (Å²) in [5, 5.41) is 0. The average molecular weight is 164 g/mol. The van der Waals surface area contributed by atoms with Crippen LogP contribution in [0.3, 0.4) is 0 Å². The van der Waals surface area contributed by atoms with Gasteiger partial charge in [0.1, 0.15) is 0 Å². The summed E-state index contributed by atoms with van der Waals surface area (Å²) in [5.41, 5.74) is 0.899. The van der Waals surface area contributed by atoms with Gasteiger partial charge >= 0.3 is 11.9 Å². The molecule has 1 aliphatic heterocycles. The van der Waals surface area contributed by atoms with Gasteiger partial charge in [-0.15, -0.1) is 0 Å². The van der Waals surface area contributed by atoms with E-state index in [1.165, 1.54) is 12.2 Å². The minimum absolute atomic E-state index is 0.0938. The topological polar surface area (TPSA) is 43.4 Å². The van der Waals surface area contributed by atoms with E-state index in [2.05, 4.69) is 17.9 Å². The molecule has 0 saturated carbocycles. The first-order valence-electron chi connectivity index (χ1n) is 3.42. The van der Waals surface area contributed by atoms with E-state index in [4.69, 9.17) is 0 Å². The first-order valence-corrected chi connectivity index (χ1v) is 3.42. The van der Waals surface area contributed by atoms with Gasteiger partial charge in [-0.1, -0.05) is 25.3 Å². The molecule has 0 N–H and O–H groups in total. The van der Waals surface area contributed by atoms with Crippen molar-refractivity contribution < 1.29 is 14.3 Å².